The highest BCUT2D eigenvalue weighted by atomic mass is 32.2. The van der Waals surface area contributed by atoms with E-state index in [4.69, 9.17) is 0 Å². The van der Waals surface area contributed by atoms with Crippen LogP contribution in [0.3, 0.4) is 0 Å². The van der Waals surface area contributed by atoms with Crippen molar-refractivity contribution in [2.24, 2.45) is 0 Å². The molecule has 1 unspecified atom stereocenters. The summed E-state index contributed by atoms with van der Waals surface area (Å²) in [6, 6.07) is 0.665. The molecule has 4 heteroatoms. The van der Waals surface area contributed by atoms with Crippen molar-refractivity contribution in [3.8, 4) is 0 Å². The maximum atomic E-state index is 11.8. The SMILES string of the molecule is CSC1CCC(NC(C)C(=O)NC(C)C)CC1. The van der Waals surface area contributed by atoms with Gasteiger partial charge in [0, 0.05) is 17.3 Å². The van der Waals surface area contributed by atoms with Gasteiger partial charge in [-0.05, 0) is 52.7 Å². The Hall–Kier alpha value is -0.220. The number of hydrogen-bond donors (Lipinski definition) is 2. The minimum absolute atomic E-state index is 0.0757. The van der Waals surface area contributed by atoms with Gasteiger partial charge >= 0.3 is 0 Å². The van der Waals surface area contributed by atoms with E-state index in [1.54, 1.807) is 0 Å². The minimum Gasteiger partial charge on any atom is -0.353 e. The van der Waals surface area contributed by atoms with Crippen molar-refractivity contribution in [2.75, 3.05) is 6.26 Å². The Labute approximate surface area is 109 Å². The summed E-state index contributed by atoms with van der Waals surface area (Å²) < 4.78 is 0. The summed E-state index contributed by atoms with van der Waals surface area (Å²) in [6.07, 6.45) is 7.14. The van der Waals surface area contributed by atoms with Crippen LogP contribution in [0.4, 0.5) is 0 Å². The van der Waals surface area contributed by atoms with E-state index < -0.39 is 0 Å². The summed E-state index contributed by atoms with van der Waals surface area (Å²) in [4.78, 5) is 11.8. The van der Waals surface area contributed by atoms with Crippen LogP contribution in [0.2, 0.25) is 0 Å². The fourth-order valence-electron chi connectivity index (χ4n) is 2.30. The number of nitrogens with one attached hydrogen (secondary N) is 2. The van der Waals surface area contributed by atoms with E-state index >= 15 is 0 Å². The summed E-state index contributed by atoms with van der Waals surface area (Å²) in [6.45, 7) is 5.95. The normalized spacial score (nSPS) is 26.9. The van der Waals surface area contributed by atoms with Gasteiger partial charge in [0.25, 0.3) is 0 Å². The van der Waals surface area contributed by atoms with Gasteiger partial charge < -0.3 is 10.6 Å². The molecule has 0 aromatic rings. The molecule has 1 amide bonds. The molecule has 0 heterocycles. The largest absolute Gasteiger partial charge is 0.353 e. The van der Waals surface area contributed by atoms with Crippen molar-refractivity contribution in [3.05, 3.63) is 0 Å². The quantitative estimate of drug-likeness (QED) is 0.794. The third-order valence-corrected chi connectivity index (χ3v) is 4.46. The van der Waals surface area contributed by atoms with Gasteiger partial charge in [0.15, 0.2) is 0 Å². The molecule has 1 aliphatic carbocycles. The van der Waals surface area contributed by atoms with Crippen molar-refractivity contribution in [1.29, 1.82) is 0 Å². The molecule has 0 aliphatic heterocycles. The first-order chi connectivity index (χ1) is 8.02. The monoisotopic (exact) mass is 258 g/mol. The van der Waals surface area contributed by atoms with Gasteiger partial charge in [0.1, 0.15) is 0 Å². The molecule has 1 saturated carbocycles. The Morgan fingerprint density at radius 2 is 1.76 bits per heavy atom. The zero-order chi connectivity index (χ0) is 12.8. The Morgan fingerprint density at radius 3 is 2.24 bits per heavy atom. The minimum atomic E-state index is -0.0757. The van der Waals surface area contributed by atoms with Gasteiger partial charge in [-0.1, -0.05) is 0 Å². The van der Waals surface area contributed by atoms with Crippen LogP contribution in [0, 0.1) is 0 Å². The van der Waals surface area contributed by atoms with Crippen LogP contribution in [0.25, 0.3) is 0 Å². The predicted molar refractivity (Wildman–Crippen MR) is 75.4 cm³/mol. The highest BCUT2D eigenvalue weighted by molar-refractivity contribution is 7.99. The average Bonchev–Trinajstić information content (AvgIpc) is 2.29. The molecule has 0 spiro atoms. The first-order valence-electron chi connectivity index (χ1n) is 6.62. The van der Waals surface area contributed by atoms with Gasteiger partial charge in [0.2, 0.25) is 5.91 Å². The first-order valence-corrected chi connectivity index (χ1v) is 7.91. The Kier molecular flexibility index (Phi) is 6.34. The van der Waals surface area contributed by atoms with Crippen molar-refractivity contribution in [1.82, 2.24) is 10.6 Å². The van der Waals surface area contributed by atoms with Crippen LogP contribution in [-0.4, -0.2) is 35.5 Å². The third-order valence-electron chi connectivity index (χ3n) is 3.32. The van der Waals surface area contributed by atoms with Crippen LogP contribution in [-0.2, 0) is 4.79 Å². The van der Waals surface area contributed by atoms with Crippen molar-refractivity contribution >= 4 is 17.7 Å². The molecular weight excluding hydrogens is 232 g/mol. The van der Waals surface area contributed by atoms with Crippen molar-refractivity contribution < 1.29 is 4.79 Å². The highest BCUT2D eigenvalue weighted by Gasteiger charge is 2.23. The van der Waals surface area contributed by atoms with Gasteiger partial charge in [-0.2, -0.15) is 11.8 Å². The standard InChI is InChI=1S/C13H26N2OS/c1-9(2)14-13(16)10(3)15-11-5-7-12(17-4)8-6-11/h9-12,15H,5-8H2,1-4H3,(H,14,16). The molecule has 0 aromatic carbocycles. The molecule has 1 aliphatic rings. The average molecular weight is 258 g/mol. The van der Waals surface area contributed by atoms with Crippen molar-refractivity contribution in [3.63, 3.8) is 0 Å². The maximum Gasteiger partial charge on any atom is 0.237 e. The zero-order valence-electron chi connectivity index (χ0n) is 11.5. The van der Waals surface area contributed by atoms with Gasteiger partial charge in [0.05, 0.1) is 6.04 Å². The van der Waals surface area contributed by atoms with Crippen molar-refractivity contribution in [2.45, 2.75) is 69.8 Å². The molecule has 0 aromatic heterocycles. The predicted octanol–water partition coefficient (Wildman–Crippen LogP) is 2.16. The van der Waals surface area contributed by atoms with Gasteiger partial charge in [-0.3, -0.25) is 4.79 Å². The smallest absolute Gasteiger partial charge is 0.237 e. The van der Waals surface area contributed by atoms with Crippen LogP contribution in [0.1, 0.15) is 46.5 Å². The molecule has 100 valence electrons. The molecular formula is C13H26N2OS. The summed E-state index contributed by atoms with van der Waals surface area (Å²) in [5.74, 6) is 0.118. The Bertz CT molecular complexity index is 238. The number of carbonyl (C=O) groups excluding carboxylic acids is 1. The lowest BCUT2D eigenvalue weighted by atomic mass is 9.94. The fourth-order valence-corrected chi connectivity index (χ4v) is 3.05. The highest BCUT2D eigenvalue weighted by Crippen LogP contribution is 2.26. The molecule has 0 radical (unpaired) electrons. The van der Waals surface area contributed by atoms with E-state index in [0.29, 0.717) is 6.04 Å². The Balaban J connectivity index is 2.27. The summed E-state index contributed by atoms with van der Waals surface area (Å²) >= 11 is 1.97. The lowest BCUT2D eigenvalue weighted by Crippen LogP contribution is -2.49. The number of hydrogen-bond acceptors (Lipinski definition) is 3. The number of amides is 1. The number of rotatable bonds is 5. The molecule has 3 nitrogen and oxygen atoms in total. The Morgan fingerprint density at radius 1 is 1.18 bits per heavy atom. The summed E-state index contributed by atoms with van der Waals surface area (Å²) in [5.41, 5.74) is 0. The van der Waals surface area contributed by atoms with Crippen LogP contribution in [0.15, 0.2) is 0 Å². The fraction of sp³-hybridized carbons (Fsp3) is 0.923. The lowest BCUT2D eigenvalue weighted by molar-refractivity contribution is -0.123. The van der Waals surface area contributed by atoms with Crippen LogP contribution >= 0.6 is 11.8 Å². The van der Waals surface area contributed by atoms with E-state index in [0.717, 1.165) is 5.25 Å². The second kappa shape index (κ2) is 7.27. The lowest BCUT2D eigenvalue weighted by Gasteiger charge is -2.30. The number of thioether (sulfide) groups is 1. The van der Waals surface area contributed by atoms with Crippen LogP contribution in [0.5, 0.6) is 0 Å². The first kappa shape index (κ1) is 14.8. The third kappa shape index (κ3) is 5.30. The number of carbonyl (C=O) groups is 1. The molecule has 0 saturated heterocycles. The van der Waals surface area contributed by atoms with Gasteiger partial charge in [-0.25, -0.2) is 0 Å². The topological polar surface area (TPSA) is 41.1 Å². The van der Waals surface area contributed by atoms with E-state index in [1.165, 1.54) is 25.7 Å². The van der Waals surface area contributed by atoms with E-state index in [1.807, 2.05) is 32.5 Å². The van der Waals surface area contributed by atoms with E-state index in [-0.39, 0.29) is 18.0 Å². The van der Waals surface area contributed by atoms with Crippen LogP contribution < -0.4 is 10.6 Å². The maximum absolute atomic E-state index is 11.8. The second-order valence-corrected chi connectivity index (χ2v) is 6.40. The van der Waals surface area contributed by atoms with Gasteiger partial charge in [-0.15, -0.1) is 0 Å². The van der Waals surface area contributed by atoms with E-state index in [9.17, 15) is 4.79 Å². The molecule has 1 fully saturated rings. The zero-order valence-corrected chi connectivity index (χ0v) is 12.3. The summed E-state index contributed by atoms with van der Waals surface area (Å²) in [5, 5.41) is 7.22. The molecule has 0 bridgehead atoms. The summed E-state index contributed by atoms with van der Waals surface area (Å²) in [7, 11) is 0. The molecule has 17 heavy (non-hydrogen) atoms. The van der Waals surface area contributed by atoms with E-state index in [2.05, 4.69) is 16.9 Å². The molecule has 1 atom stereocenters. The molecule has 1 rings (SSSR count). The molecule has 2 N–H and O–H groups in total. The second-order valence-electron chi connectivity index (χ2n) is 5.26.